The van der Waals surface area contributed by atoms with Crippen LogP contribution < -0.4 is 10.6 Å². The van der Waals surface area contributed by atoms with Gasteiger partial charge in [0.1, 0.15) is 0 Å². The van der Waals surface area contributed by atoms with Crippen LogP contribution in [-0.4, -0.2) is 43.9 Å². The highest BCUT2D eigenvalue weighted by atomic mass is 16.2. The Morgan fingerprint density at radius 1 is 0.960 bits per heavy atom. The van der Waals surface area contributed by atoms with Crippen molar-refractivity contribution < 1.29 is 9.59 Å². The number of hydrogen-bond acceptors (Lipinski definition) is 3. The molecule has 132 valence electrons. The van der Waals surface area contributed by atoms with Crippen molar-refractivity contribution in [2.24, 2.45) is 0 Å². The van der Waals surface area contributed by atoms with Crippen molar-refractivity contribution in [2.45, 2.75) is 12.5 Å². The van der Waals surface area contributed by atoms with Gasteiger partial charge in [0.25, 0.3) is 5.91 Å². The van der Waals surface area contributed by atoms with Gasteiger partial charge in [0.15, 0.2) is 0 Å². The van der Waals surface area contributed by atoms with E-state index in [1.54, 1.807) is 12.1 Å². The number of benzene rings is 2. The average Bonchev–Trinajstić information content (AvgIpc) is 2.62. The number of nitrogens with one attached hydrogen (secondary N) is 2. The van der Waals surface area contributed by atoms with Crippen molar-refractivity contribution in [3.63, 3.8) is 0 Å². The summed E-state index contributed by atoms with van der Waals surface area (Å²) >= 11 is 0. The molecule has 0 aliphatic rings. The molecule has 5 nitrogen and oxygen atoms in total. The van der Waals surface area contributed by atoms with E-state index in [0.717, 1.165) is 5.56 Å². The van der Waals surface area contributed by atoms with Crippen LogP contribution >= 0.6 is 0 Å². The maximum Gasteiger partial charge on any atom is 0.251 e. The maximum atomic E-state index is 12.2. The van der Waals surface area contributed by atoms with Gasteiger partial charge >= 0.3 is 0 Å². The Hall–Kier alpha value is -2.66. The number of carbonyl (C=O) groups excluding carboxylic acids is 2. The molecule has 2 N–H and O–H groups in total. The molecule has 0 saturated carbocycles. The number of nitrogens with zero attached hydrogens (tertiary/aromatic N) is 1. The van der Waals surface area contributed by atoms with Crippen LogP contribution in [0.2, 0.25) is 0 Å². The lowest BCUT2D eigenvalue weighted by atomic mass is 10.1. The Balaban J connectivity index is 1.84. The highest BCUT2D eigenvalue weighted by molar-refractivity contribution is 5.94. The third-order valence-electron chi connectivity index (χ3n) is 3.76. The van der Waals surface area contributed by atoms with Gasteiger partial charge in [-0.05, 0) is 31.8 Å². The summed E-state index contributed by atoms with van der Waals surface area (Å²) in [7, 11) is 3.95. The minimum absolute atomic E-state index is 0.0754. The van der Waals surface area contributed by atoms with Crippen LogP contribution in [0.15, 0.2) is 60.7 Å². The topological polar surface area (TPSA) is 61.4 Å². The van der Waals surface area contributed by atoms with Gasteiger partial charge in [-0.1, -0.05) is 48.5 Å². The number of rotatable bonds is 8. The second kappa shape index (κ2) is 9.59. The van der Waals surface area contributed by atoms with Crippen molar-refractivity contribution in [3.8, 4) is 0 Å². The molecule has 0 aliphatic carbocycles. The van der Waals surface area contributed by atoms with E-state index < -0.39 is 0 Å². The van der Waals surface area contributed by atoms with Gasteiger partial charge in [-0.25, -0.2) is 0 Å². The van der Waals surface area contributed by atoms with E-state index >= 15 is 0 Å². The smallest absolute Gasteiger partial charge is 0.251 e. The van der Waals surface area contributed by atoms with Crippen LogP contribution in [-0.2, 0) is 4.79 Å². The Morgan fingerprint density at radius 3 is 2.16 bits per heavy atom. The molecule has 0 unspecified atom stereocenters. The van der Waals surface area contributed by atoms with Gasteiger partial charge in [0.2, 0.25) is 5.91 Å². The standard InChI is InChI=1S/C20H25N3O2/c1-23(2)15-18(16-9-5-3-6-10-16)22-19(24)13-14-21-20(25)17-11-7-4-8-12-17/h3-12,18H,13-15H2,1-2H3,(H,21,25)(H,22,24)/t18-/m1/s1. The maximum absolute atomic E-state index is 12.2. The Kier molecular flexibility index (Phi) is 7.16. The first-order valence-corrected chi connectivity index (χ1v) is 8.38. The molecule has 2 aromatic rings. The Morgan fingerprint density at radius 2 is 1.56 bits per heavy atom. The number of hydrogen-bond donors (Lipinski definition) is 2. The first-order valence-electron chi connectivity index (χ1n) is 8.38. The van der Waals surface area contributed by atoms with Gasteiger partial charge in [0.05, 0.1) is 6.04 Å². The van der Waals surface area contributed by atoms with Crippen LogP contribution in [0.5, 0.6) is 0 Å². The van der Waals surface area contributed by atoms with Gasteiger partial charge in [0, 0.05) is 25.1 Å². The Labute approximate surface area is 149 Å². The minimum atomic E-state index is -0.165. The fourth-order valence-corrected chi connectivity index (χ4v) is 2.53. The lowest BCUT2D eigenvalue weighted by molar-refractivity contribution is -0.121. The summed E-state index contributed by atoms with van der Waals surface area (Å²) in [5.74, 6) is -0.245. The van der Waals surface area contributed by atoms with Gasteiger partial charge in [-0.15, -0.1) is 0 Å². The van der Waals surface area contributed by atoms with Crippen LogP contribution in [0.1, 0.15) is 28.4 Å². The molecule has 0 spiro atoms. The molecule has 0 heterocycles. The molecule has 0 fully saturated rings. The van der Waals surface area contributed by atoms with Crippen LogP contribution in [0, 0.1) is 0 Å². The number of carbonyl (C=O) groups is 2. The van der Waals surface area contributed by atoms with Crippen molar-refractivity contribution in [2.75, 3.05) is 27.2 Å². The largest absolute Gasteiger partial charge is 0.352 e. The molecule has 0 radical (unpaired) electrons. The summed E-state index contributed by atoms with van der Waals surface area (Å²) in [6.45, 7) is 1.02. The quantitative estimate of drug-likeness (QED) is 0.775. The van der Waals surface area contributed by atoms with Gasteiger partial charge in [-0.3, -0.25) is 9.59 Å². The van der Waals surface area contributed by atoms with Crippen LogP contribution in [0.4, 0.5) is 0 Å². The summed E-state index contributed by atoms with van der Waals surface area (Å²) in [5.41, 5.74) is 1.66. The first-order chi connectivity index (χ1) is 12.1. The molecule has 5 heteroatoms. The normalized spacial score (nSPS) is 11.8. The summed E-state index contributed by atoms with van der Waals surface area (Å²) in [5, 5.41) is 5.82. The molecule has 2 rings (SSSR count). The third kappa shape index (κ3) is 6.39. The molecule has 25 heavy (non-hydrogen) atoms. The SMILES string of the molecule is CN(C)C[C@@H](NC(=O)CCNC(=O)c1ccccc1)c1ccccc1. The molecule has 2 amide bonds. The first kappa shape index (κ1) is 18.7. The molecule has 0 saturated heterocycles. The van der Waals surface area contributed by atoms with E-state index in [4.69, 9.17) is 0 Å². The second-order valence-corrected chi connectivity index (χ2v) is 6.16. The zero-order valence-corrected chi connectivity index (χ0v) is 14.7. The average molecular weight is 339 g/mol. The summed E-state index contributed by atoms with van der Waals surface area (Å²) in [6, 6.07) is 18.8. The van der Waals surface area contributed by atoms with Crippen molar-refractivity contribution in [1.29, 1.82) is 0 Å². The number of likely N-dealkylation sites (N-methyl/N-ethyl adjacent to an activating group) is 1. The zero-order valence-electron chi connectivity index (χ0n) is 14.7. The summed E-state index contributed by atoms with van der Waals surface area (Å²) in [6.07, 6.45) is 0.245. The van der Waals surface area contributed by atoms with Crippen molar-refractivity contribution >= 4 is 11.8 Å². The summed E-state index contributed by atoms with van der Waals surface area (Å²) in [4.78, 5) is 26.2. The van der Waals surface area contributed by atoms with E-state index in [1.807, 2.05) is 67.5 Å². The minimum Gasteiger partial charge on any atom is -0.352 e. The lowest BCUT2D eigenvalue weighted by Gasteiger charge is -2.23. The van der Waals surface area contributed by atoms with E-state index in [2.05, 4.69) is 10.6 Å². The van der Waals surface area contributed by atoms with Crippen LogP contribution in [0.3, 0.4) is 0 Å². The third-order valence-corrected chi connectivity index (χ3v) is 3.76. The number of amides is 2. The zero-order chi connectivity index (χ0) is 18.1. The van der Waals surface area contributed by atoms with Crippen molar-refractivity contribution in [3.05, 3.63) is 71.8 Å². The lowest BCUT2D eigenvalue weighted by Crippen LogP contribution is -2.37. The highest BCUT2D eigenvalue weighted by Gasteiger charge is 2.15. The van der Waals surface area contributed by atoms with Crippen LogP contribution in [0.25, 0.3) is 0 Å². The van der Waals surface area contributed by atoms with E-state index in [9.17, 15) is 9.59 Å². The van der Waals surface area contributed by atoms with E-state index in [0.29, 0.717) is 18.7 Å². The molecule has 2 aromatic carbocycles. The van der Waals surface area contributed by atoms with Gasteiger partial charge in [-0.2, -0.15) is 0 Å². The van der Waals surface area contributed by atoms with Crippen molar-refractivity contribution in [1.82, 2.24) is 15.5 Å². The summed E-state index contributed by atoms with van der Waals surface area (Å²) < 4.78 is 0. The fraction of sp³-hybridized carbons (Fsp3) is 0.300. The highest BCUT2D eigenvalue weighted by Crippen LogP contribution is 2.13. The molecule has 0 aromatic heterocycles. The van der Waals surface area contributed by atoms with E-state index in [-0.39, 0.29) is 24.3 Å². The predicted octanol–water partition coefficient (Wildman–Crippen LogP) is 2.23. The molecule has 0 aliphatic heterocycles. The molecular weight excluding hydrogens is 314 g/mol. The monoisotopic (exact) mass is 339 g/mol. The molecule has 1 atom stereocenters. The van der Waals surface area contributed by atoms with E-state index in [1.165, 1.54) is 0 Å². The molecule has 0 bridgehead atoms. The Bertz CT molecular complexity index is 672. The molecular formula is C20H25N3O2. The second-order valence-electron chi connectivity index (χ2n) is 6.16. The predicted molar refractivity (Wildman–Crippen MR) is 99.3 cm³/mol. The van der Waals surface area contributed by atoms with Gasteiger partial charge < -0.3 is 15.5 Å². The fourth-order valence-electron chi connectivity index (χ4n) is 2.53.